The van der Waals surface area contributed by atoms with Crippen LogP contribution in [0, 0.1) is 17.6 Å². The molecule has 160 valence electrons. The first-order valence-electron chi connectivity index (χ1n) is 9.92. The summed E-state index contributed by atoms with van der Waals surface area (Å²) in [4.78, 5) is 13.7. The summed E-state index contributed by atoms with van der Waals surface area (Å²) in [7, 11) is -4.17. The number of carbonyl (C=O) groups excluding carboxylic acids is 1. The van der Waals surface area contributed by atoms with Crippen LogP contribution in [0.4, 0.5) is 13.6 Å². The van der Waals surface area contributed by atoms with Crippen LogP contribution in [0.15, 0.2) is 53.4 Å². The van der Waals surface area contributed by atoms with Gasteiger partial charge in [0, 0.05) is 26.2 Å². The van der Waals surface area contributed by atoms with Gasteiger partial charge in [-0.05, 0) is 42.5 Å². The van der Waals surface area contributed by atoms with E-state index in [0.29, 0.717) is 12.0 Å². The van der Waals surface area contributed by atoms with Crippen LogP contribution in [0.5, 0.6) is 0 Å². The number of piperazine rings is 1. The predicted octanol–water partition coefficient (Wildman–Crippen LogP) is 3.13. The maximum atomic E-state index is 14.0. The van der Waals surface area contributed by atoms with Crippen LogP contribution < -0.4 is 5.32 Å². The molecule has 1 aliphatic carbocycles. The van der Waals surface area contributed by atoms with Gasteiger partial charge in [-0.15, -0.1) is 0 Å². The Morgan fingerprint density at radius 1 is 1.00 bits per heavy atom. The minimum Gasteiger partial charge on any atom is -0.331 e. The van der Waals surface area contributed by atoms with Gasteiger partial charge < -0.3 is 10.2 Å². The van der Waals surface area contributed by atoms with Crippen molar-refractivity contribution in [1.29, 1.82) is 0 Å². The zero-order valence-electron chi connectivity index (χ0n) is 16.3. The fourth-order valence-electron chi connectivity index (χ4n) is 3.73. The van der Waals surface area contributed by atoms with Crippen molar-refractivity contribution in [2.45, 2.75) is 23.8 Å². The van der Waals surface area contributed by atoms with Crippen molar-refractivity contribution < 1.29 is 22.0 Å². The number of sulfonamides is 1. The van der Waals surface area contributed by atoms with Crippen LogP contribution in [0.25, 0.3) is 0 Å². The fourth-order valence-corrected chi connectivity index (χ4v) is 5.23. The van der Waals surface area contributed by atoms with E-state index in [4.69, 9.17) is 0 Å². The molecule has 1 atom stereocenters. The van der Waals surface area contributed by atoms with Gasteiger partial charge in [-0.3, -0.25) is 0 Å². The molecule has 1 heterocycles. The Bertz CT molecular complexity index is 1020. The number of nitrogens with zero attached hydrogens (tertiary/aromatic N) is 2. The van der Waals surface area contributed by atoms with Gasteiger partial charge in [0.2, 0.25) is 10.0 Å². The van der Waals surface area contributed by atoms with Crippen LogP contribution in [-0.4, -0.2) is 49.8 Å². The highest BCUT2D eigenvalue weighted by atomic mass is 32.2. The highest BCUT2D eigenvalue weighted by Crippen LogP contribution is 2.41. The quantitative estimate of drug-likeness (QED) is 0.785. The molecule has 2 fully saturated rings. The van der Waals surface area contributed by atoms with E-state index in [1.807, 2.05) is 30.3 Å². The van der Waals surface area contributed by atoms with E-state index in [1.165, 1.54) is 0 Å². The number of carbonyl (C=O) groups is 1. The minimum absolute atomic E-state index is 0.0190. The van der Waals surface area contributed by atoms with Crippen molar-refractivity contribution in [2.75, 3.05) is 26.2 Å². The molecule has 6 nitrogen and oxygen atoms in total. The standard InChI is InChI=1S/C21H23F2N3O3S/c22-17-8-9-18(23)19(14-17)30(28,29)26-12-10-25(11-13-26)21(27)24-20(16-6-7-16)15-4-2-1-3-5-15/h1-5,8-9,14,16,20H,6-7,10-13H2,(H,24,27). The van der Waals surface area contributed by atoms with E-state index in [2.05, 4.69) is 5.32 Å². The lowest BCUT2D eigenvalue weighted by molar-refractivity contribution is 0.167. The summed E-state index contributed by atoms with van der Waals surface area (Å²) < 4.78 is 53.9. The van der Waals surface area contributed by atoms with Gasteiger partial charge in [-0.1, -0.05) is 30.3 Å². The van der Waals surface area contributed by atoms with Crippen molar-refractivity contribution in [3.05, 3.63) is 65.7 Å². The van der Waals surface area contributed by atoms with Gasteiger partial charge in [0.25, 0.3) is 0 Å². The number of rotatable bonds is 5. The third-order valence-corrected chi connectivity index (χ3v) is 7.48. The fraction of sp³-hybridized carbons (Fsp3) is 0.381. The number of hydrogen-bond acceptors (Lipinski definition) is 3. The summed E-state index contributed by atoms with van der Waals surface area (Å²) in [6.45, 7) is 0.388. The second kappa shape index (κ2) is 8.31. The van der Waals surface area contributed by atoms with E-state index in [1.54, 1.807) is 4.90 Å². The Balaban J connectivity index is 1.40. The van der Waals surface area contributed by atoms with Gasteiger partial charge in [-0.2, -0.15) is 4.31 Å². The molecule has 1 unspecified atom stereocenters. The number of urea groups is 1. The summed E-state index contributed by atoms with van der Waals surface area (Å²) in [6, 6.07) is 11.8. The SMILES string of the molecule is O=C(NC(c1ccccc1)C1CC1)N1CCN(S(=O)(=O)c2cc(F)ccc2F)CC1. The Kier molecular flexibility index (Phi) is 5.75. The van der Waals surface area contributed by atoms with E-state index >= 15 is 0 Å². The maximum absolute atomic E-state index is 14.0. The molecule has 2 aliphatic rings. The molecule has 30 heavy (non-hydrogen) atoms. The van der Waals surface area contributed by atoms with Crippen LogP contribution in [0.3, 0.4) is 0 Å². The normalized spacial score (nSPS) is 18.8. The second-order valence-corrected chi connectivity index (χ2v) is 9.55. The lowest BCUT2D eigenvalue weighted by Gasteiger charge is -2.35. The molecule has 1 saturated carbocycles. The zero-order chi connectivity index (χ0) is 21.3. The molecule has 2 aromatic carbocycles. The monoisotopic (exact) mass is 435 g/mol. The van der Waals surface area contributed by atoms with Crippen LogP contribution in [0.1, 0.15) is 24.4 Å². The lowest BCUT2D eigenvalue weighted by atomic mass is 10.0. The molecule has 2 amide bonds. The molecule has 1 saturated heterocycles. The average Bonchev–Trinajstić information content (AvgIpc) is 3.59. The summed E-state index contributed by atoms with van der Waals surface area (Å²) in [5, 5.41) is 3.08. The lowest BCUT2D eigenvalue weighted by Crippen LogP contribution is -2.53. The summed E-state index contributed by atoms with van der Waals surface area (Å²) >= 11 is 0. The Hall–Kier alpha value is -2.52. The van der Waals surface area contributed by atoms with Gasteiger partial charge in [0.15, 0.2) is 0 Å². The largest absolute Gasteiger partial charge is 0.331 e. The zero-order valence-corrected chi connectivity index (χ0v) is 17.1. The summed E-state index contributed by atoms with van der Waals surface area (Å²) in [6.07, 6.45) is 2.12. The molecule has 1 N–H and O–H groups in total. The molecular formula is C21H23F2N3O3S. The van der Waals surface area contributed by atoms with Gasteiger partial charge in [0.1, 0.15) is 16.5 Å². The summed E-state index contributed by atoms with van der Waals surface area (Å²) in [5.41, 5.74) is 1.05. The molecule has 0 bridgehead atoms. The Morgan fingerprint density at radius 2 is 1.67 bits per heavy atom. The molecular weight excluding hydrogens is 412 g/mol. The summed E-state index contributed by atoms with van der Waals surface area (Å²) in [5.74, 6) is -1.40. The van der Waals surface area contributed by atoms with E-state index < -0.39 is 26.6 Å². The number of amides is 2. The molecule has 0 aromatic heterocycles. The van der Waals surface area contributed by atoms with Gasteiger partial charge in [0.05, 0.1) is 6.04 Å². The maximum Gasteiger partial charge on any atom is 0.317 e. The van der Waals surface area contributed by atoms with Crippen molar-refractivity contribution in [2.24, 2.45) is 5.92 Å². The molecule has 9 heteroatoms. The smallest absolute Gasteiger partial charge is 0.317 e. The third kappa shape index (κ3) is 4.32. The highest BCUT2D eigenvalue weighted by molar-refractivity contribution is 7.89. The predicted molar refractivity (Wildman–Crippen MR) is 107 cm³/mol. The third-order valence-electron chi connectivity index (χ3n) is 5.57. The van der Waals surface area contributed by atoms with Crippen LogP contribution in [0.2, 0.25) is 0 Å². The molecule has 0 spiro atoms. The number of halogens is 2. The van der Waals surface area contributed by atoms with E-state index in [-0.39, 0.29) is 38.3 Å². The van der Waals surface area contributed by atoms with Crippen molar-refractivity contribution in [3.8, 4) is 0 Å². The Labute approximate surface area is 174 Å². The van der Waals surface area contributed by atoms with Crippen molar-refractivity contribution in [1.82, 2.24) is 14.5 Å². The number of nitrogens with one attached hydrogen (secondary N) is 1. The number of hydrogen-bond donors (Lipinski definition) is 1. The average molecular weight is 435 g/mol. The van der Waals surface area contributed by atoms with Gasteiger partial charge in [-0.25, -0.2) is 22.0 Å². The highest BCUT2D eigenvalue weighted by Gasteiger charge is 2.36. The molecule has 4 rings (SSSR count). The molecule has 0 radical (unpaired) electrons. The Morgan fingerprint density at radius 3 is 2.30 bits per heavy atom. The van der Waals surface area contributed by atoms with E-state index in [9.17, 15) is 22.0 Å². The topological polar surface area (TPSA) is 69.7 Å². The van der Waals surface area contributed by atoms with Crippen LogP contribution in [-0.2, 0) is 10.0 Å². The van der Waals surface area contributed by atoms with Crippen LogP contribution >= 0.6 is 0 Å². The molecule has 2 aromatic rings. The first-order valence-corrected chi connectivity index (χ1v) is 11.4. The van der Waals surface area contributed by atoms with Crippen molar-refractivity contribution in [3.63, 3.8) is 0 Å². The minimum atomic E-state index is -4.17. The van der Waals surface area contributed by atoms with Crippen molar-refractivity contribution >= 4 is 16.1 Å². The van der Waals surface area contributed by atoms with Gasteiger partial charge >= 0.3 is 6.03 Å². The van der Waals surface area contributed by atoms with E-state index in [0.717, 1.165) is 34.8 Å². The first-order chi connectivity index (χ1) is 14.4. The second-order valence-electron chi connectivity index (χ2n) is 7.64. The first kappa shape index (κ1) is 20.7. The molecule has 1 aliphatic heterocycles. The number of benzene rings is 2.